The van der Waals surface area contributed by atoms with Crippen LogP contribution in [0.1, 0.15) is 76.1 Å². The van der Waals surface area contributed by atoms with Gasteiger partial charge in [-0.2, -0.15) is 4.98 Å². The lowest BCUT2D eigenvalue weighted by Gasteiger charge is -2.66. The highest BCUT2D eigenvalue weighted by molar-refractivity contribution is 6.32. The lowest BCUT2D eigenvalue weighted by Crippen LogP contribution is -2.69. The number of aromatic nitrogens is 2. The molecule has 1 aromatic carbocycles. The molecule has 3 N–H and O–H groups in total. The zero-order chi connectivity index (χ0) is 30.4. The Kier molecular flexibility index (Phi) is 8.33. The minimum atomic E-state index is -0.502. The van der Waals surface area contributed by atoms with Gasteiger partial charge in [0.15, 0.2) is 5.82 Å². The third-order valence-electron chi connectivity index (χ3n) is 11.2. The molecule has 0 unspecified atom stereocenters. The number of halogens is 1. The van der Waals surface area contributed by atoms with Crippen molar-refractivity contribution in [3.05, 3.63) is 41.0 Å². The number of carbonyl (C=O) groups is 2. The highest BCUT2D eigenvalue weighted by atomic mass is 35.5. The normalized spacial score (nSPS) is 29.0. The number of piperazine rings is 1. The summed E-state index contributed by atoms with van der Waals surface area (Å²) in [6.07, 6.45) is 10.1. The van der Waals surface area contributed by atoms with Crippen molar-refractivity contribution in [3.63, 3.8) is 0 Å². The predicted octanol–water partition coefficient (Wildman–Crippen LogP) is 5.56. The van der Waals surface area contributed by atoms with Crippen LogP contribution in [0.3, 0.4) is 0 Å². The lowest BCUT2D eigenvalue weighted by atomic mass is 9.40. The van der Waals surface area contributed by atoms with Crippen LogP contribution in [0.2, 0.25) is 5.02 Å². The van der Waals surface area contributed by atoms with Gasteiger partial charge in [-0.15, -0.1) is 0 Å². The smallest absolute Gasteiger partial charge is 0.253 e. The van der Waals surface area contributed by atoms with E-state index in [9.17, 15) is 9.59 Å². The molecule has 2 aromatic rings. The first kappa shape index (κ1) is 30.1. The van der Waals surface area contributed by atoms with Gasteiger partial charge in [0.2, 0.25) is 11.9 Å². The van der Waals surface area contributed by atoms with Gasteiger partial charge in [0, 0.05) is 50.5 Å². The summed E-state index contributed by atoms with van der Waals surface area (Å²) in [4.78, 5) is 39.9. The van der Waals surface area contributed by atoms with Gasteiger partial charge in [0.25, 0.3) is 5.91 Å². The van der Waals surface area contributed by atoms with Gasteiger partial charge in [-0.25, -0.2) is 4.98 Å². The van der Waals surface area contributed by atoms with Crippen molar-refractivity contribution < 1.29 is 9.59 Å². The van der Waals surface area contributed by atoms with E-state index in [0.717, 1.165) is 44.7 Å². The molecular weight excluding hydrogens is 562 g/mol. The Labute approximate surface area is 260 Å². The fourth-order valence-electron chi connectivity index (χ4n) is 8.45. The van der Waals surface area contributed by atoms with Crippen LogP contribution in [-0.4, -0.2) is 76.4 Å². The summed E-state index contributed by atoms with van der Waals surface area (Å²) in [6, 6.07) is 8.19. The topological polar surface area (TPSA) is 102 Å². The Hall–Kier alpha value is -2.91. The molecule has 2 amide bonds. The average molecular weight is 608 g/mol. The highest BCUT2D eigenvalue weighted by Crippen LogP contribution is 2.65. The number of hydrogen-bond acceptors (Lipinski definition) is 7. The van der Waals surface area contributed by atoms with Crippen molar-refractivity contribution in [2.24, 2.45) is 23.2 Å². The maximum atomic E-state index is 13.2. The van der Waals surface area contributed by atoms with Gasteiger partial charge in [0.05, 0.1) is 17.7 Å². The molecule has 2 heterocycles. The molecule has 232 valence electrons. The quantitative estimate of drug-likeness (QED) is 0.378. The van der Waals surface area contributed by atoms with Crippen LogP contribution in [0.25, 0.3) is 0 Å². The molecule has 7 rings (SSSR count). The van der Waals surface area contributed by atoms with Crippen LogP contribution in [-0.2, 0) is 4.79 Å². The van der Waals surface area contributed by atoms with E-state index in [-0.39, 0.29) is 23.1 Å². The van der Waals surface area contributed by atoms with Crippen molar-refractivity contribution in [1.82, 2.24) is 25.1 Å². The van der Waals surface area contributed by atoms with Gasteiger partial charge in [-0.1, -0.05) is 44.7 Å². The third kappa shape index (κ3) is 5.70. The van der Waals surface area contributed by atoms with E-state index in [4.69, 9.17) is 16.6 Å². The first-order chi connectivity index (χ1) is 20.6. The van der Waals surface area contributed by atoms with Gasteiger partial charge < -0.3 is 20.9 Å². The van der Waals surface area contributed by atoms with Gasteiger partial charge in [-0.3, -0.25) is 14.5 Å². The molecule has 5 aliphatic rings. The van der Waals surface area contributed by atoms with Crippen molar-refractivity contribution >= 4 is 40.9 Å². The molecule has 4 aliphatic carbocycles. The summed E-state index contributed by atoms with van der Waals surface area (Å²) in [5, 5.41) is 10.1. The van der Waals surface area contributed by atoms with Crippen LogP contribution in [0.5, 0.6) is 0 Å². The van der Waals surface area contributed by atoms with Crippen LogP contribution in [0.15, 0.2) is 30.5 Å². The van der Waals surface area contributed by atoms with E-state index >= 15 is 0 Å². The molecule has 1 aromatic heterocycles. The lowest BCUT2D eigenvalue weighted by molar-refractivity contribution is -0.155. The number of benzene rings is 1. The maximum Gasteiger partial charge on any atom is 0.253 e. The van der Waals surface area contributed by atoms with Crippen molar-refractivity contribution in [2.75, 3.05) is 43.9 Å². The SMILES string of the molecule is CNC(=O)[C@H]1C[C@@H]2C[C@@H](C2(C)C)[C@@]1(C)Nc1nc(Nc2ccc(C(=O)N3CCN(C4CCCCC4)CC3)cc2)ncc1Cl. The number of rotatable bonds is 7. The molecule has 0 spiro atoms. The Morgan fingerprint density at radius 3 is 2.33 bits per heavy atom. The van der Waals surface area contributed by atoms with Crippen molar-refractivity contribution in [1.29, 1.82) is 0 Å². The number of anilines is 3. The van der Waals surface area contributed by atoms with E-state index in [0.29, 0.717) is 40.2 Å². The molecule has 43 heavy (non-hydrogen) atoms. The molecule has 0 radical (unpaired) electrons. The fraction of sp³-hybridized carbons (Fsp3) is 0.636. The monoisotopic (exact) mass is 607 g/mol. The Bertz CT molecular complexity index is 1340. The van der Waals surface area contributed by atoms with E-state index in [1.165, 1.54) is 32.1 Å². The molecule has 2 bridgehead atoms. The zero-order valence-corrected chi connectivity index (χ0v) is 26.7. The summed E-state index contributed by atoms with van der Waals surface area (Å²) in [6.45, 7) is 10.2. The number of amides is 2. The molecule has 4 saturated carbocycles. The largest absolute Gasteiger partial charge is 0.362 e. The molecule has 4 atom stereocenters. The molecule has 9 nitrogen and oxygen atoms in total. The number of carbonyl (C=O) groups excluding carboxylic acids is 2. The van der Waals surface area contributed by atoms with Crippen LogP contribution < -0.4 is 16.0 Å². The number of nitrogens with zero attached hydrogens (tertiary/aromatic N) is 4. The van der Waals surface area contributed by atoms with Crippen LogP contribution in [0.4, 0.5) is 17.5 Å². The summed E-state index contributed by atoms with van der Waals surface area (Å²) < 4.78 is 0. The van der Waals surface area contributed by atoms with Crippen molar-refractivity contribution in [2.45, 2.75) is 77.3 Å². The zero-order valence-electron chi connectivity index (χ0n) is 26.0. The van der Waals surface area contributed by atoms with E-state index in [1.54, 1.807) is 13.2 Å². The predicted molar refractivity (Wildman–Crippen MR) is 171 cm³/mol. The number of fused-ring (bicyclic) bond motifs is 2. The van der Waals surface area contributed by atoms with Crippen molar-refractivity contribution in [3.8, 4) is 0 Å². The number of hydrogen-bond donors (Lipinski definition) is 3. The minimum absolute atomic E-state index is 0.0458. The van der Waals surface area contributed by atoms with Gasteiger partial charge in [-0.05, 0) is 74.1 Å². The second-order valence-corrected chi connectivity index (χ2v) is 14.2. The molecule has 1 saturated heterocycles. The Morgan fingerprint density at radius 2 is 1.67 bits per heavy atom. The second kappa shape index (κ2) is 11.9. The molecular formula is C33H46ClN7O2. The van der Waals surface area contributed by atoms with Crippen LogP contribution in [0, 0.1) is 23.2 Å². The standard InChI is InChI=1S/C33H46ClN7O2/c1-32(2)22-18-25(29(42)35-4)33(3,27(32)19-22)39-28-26(34)20-36-31(38-28)37-23-12-10-21(11-13-23)30(43)41-16-14-40(15-17-41)24-8-6-5-7-9-24/h10-13,20,22,24-25,27H,5-9,14-19H2,1-4H3,(H,35,42)(H2,36,37,38,39)/t22-,25-,27+,33+/m1/s1. The molecule has 1 aliphatic heterocycles. The maximum absolute atomic E-state index is 13.2. The Balaban J connectivity index is 1.11. The van der Waals surface area contributed by atoms with Gasteiger partial charge in [0.1, 0.15) is 5.02 Å². The molecule has 5 fully saturated rings. The second-order valence-electron chi connectivity index (χ2n) is 13.8. The first-order valence-corrected chi connectivity index (χ1v) is 16.4. The fourth-order valence-corrected chi connectivity index (χ4v) is 8.59. The summed E-state index contributed by atoms with van der Waals surface area (Å²) in [7, 11) is 1.70. The van der Waals surface area contributed by atoms with Crippen LogP contribution >= 0.6 is 11.6 Å². The third-order valence-corrected chi connectivity index (χ3v) is 11.5. The number of nitrogens with one attached hydrogen (secondary N) is 3. The summed E-state index contributed by atoms with van der Waals surface area (Å²) in [5.74, 6) is 1.69. The van der Waals surface area contributed by atoms with E-state index in [2.05, 4.69) is 46.6 Å². The first-order valence-electron chi connectivity index (χ1n) is 16.0. The average Bonchev–Trinajstić information content (AvgIpc) is 3.02. The summed E-state index contributed by atoms with van der Waals surface area (Å²) in [5.41, 5.74) is 1.09. The highest BCUT2D eigenvalue weighted by Gasteiger charge is 2.64. The summed E-state index contributed by atoms with van der Waals surface area (Å²) >= 11 is 6.59. The van der Waals surface area contributed by atoms with E-state index in [1.807, 2.05) is 29.2 Å². The van der Waals surface area contributed by atoms with Gasteiger partial charge >= 0.3 is 0 Å². The van der Waals surface area contributed by atoms with E-state index < -0.39 is 5.54 Å². The minimum Gasteiger partial charge on any atom is -0.362 e. The molecule has 10 heteroatoms. The Morgan fingerprint density at radius 1 is 0.977 bits per heavy atom.